The Labute approximate surface area is 146 Å². The van der Waals surface area contributed by atoms with E-state index < -0.39 is 0 Å². The predicted molar refractivity (Wildman–Crippen MR) is 95.2 cm³/mol. The van der Waals surface area contributed by atoms with Crippen LogP contribution in [0.1, 0.15) is 19.5 Å². The van der Waals surface area contributed by atoms with Crippen LogP contribution in [0.5, 0.6) is 11.6 Å². The lowest BCUT2D eigenvalue weighted by molar-refractivity contribution is 0.232. The Morgan fingerprint density at radius 1 is 1.12 bits per heavy atom. The lowest BCUT2D eigenvalue weighted by Gasteiger charge is -2.09. The molecule has 130 valence electrons. The Kier molecular flexibility index (Phi) is 5.13. The Bertz CT molecular complexity index is 814. The minimum absolute atomic E-state index is 0.0599. The van der Waals surface area contributed by atoms with Crippen molar-refractivity contribution in [3.8, 4) is 17.3 Å². The van der Waals surface area contributed by atoms with Crippen LogP contribution >= 0.6 is 0 Å². The summed E-state index contributed by atoms with van der Waals surface area (Å²) in [6, 6.07) is 9.69. The molecule has 0 spiro atoms. The molecule has 0 atom stereocenters. The first kappa shape index (κ1) is 16.8. The summed E-state index contributed by atoms with van der Waals surface area (Å²) in [6.07, 6.45) is 5.24. The molecular weight excluding hydrogens is 318 g/mol. The molecule has 0 bridgehead atoms. The molecule has 0 amide bonds. The maximum atomic E-state index is 5.54. The van der Waals surface area contributed by atoms with Gasteiger partial charge in [-0.05, 0) is 44.2 Å². The summed E-state index contributed by atoms with van der Waals surface area (Å²) in [7, 11) is 1.65. The second kappa shape index (κ2) is 7.65. The molecule has 0 saturated heterocycles. The number of anilines is 1. The van der Waals surface area contributed by atoms with Gasteiger partial charge in [-0.15, -0.1) is 0 Å². The number of ether oxygens (including phenoxy) is 2. The van der Waals surface area contributed by atoms with Crippen molar-refractivity contribution in [2.75, 3.05) is 12.4 Å². The van der Waals surface area contributed by atoms with E-state index in [-0.39, 0.29) is 6.10 Å². The molecular formula is C18H21N5O2. The van der Waals surface area contributed by atoms with Gasteiger partial charge in [-0.1, -0.05) is 0 Å². The highest BCUT2D eigenvalue weighted by Gasteiger charge is 2.05. The fourth-order valence-corrected chi connectivity index (χ4v) is 2.25. The number of methoxy groups -OCH3 is 1. The molecule has 2 aromatic heterocycles. The molecule has 1 aromatic carbocycles. The lowest BCUT2D eigenvalue weighted by Crippen LogP contribution is -2.09. The van der Waals surface area contributed by atoms with Gasteiger partial charge in [0.25, 0.3) is 0 Å². The molecule has 1 N–H and O–H groups in total. The first-order valence-electron chi connectivity index (χ1n) is 8.05. The smallest absolute Gasteiger partial charge is 0.234 e. The Balaban J connectivity index is 1.63. The molecule has 3 aromatic rings. The molecule has 7 nitrogen and oxygen atoms in total. The van der Waals surface area contributed by atoms with Crippen molar-refractivity contribution in [3.63, 3.8) is 0 Å². The second-order valence-corrected chi connectivity index (χ2v) is 5.71. The van der Waals surface area contributed by atoms with Crippen LogP contribution in [0.4, 0.5) is 5.82 Å². The maximum Gasteiger partial charge on any atom is 0.234 e. The molecule has 25 heavy (non-hydrogen) atoms. The minimum Gasteiger partial charge on any atom is -0.497 e. The van der Waals surface area contributed by atoms with E-state index in [2.05, 4.69) is 20.4 Å². The van der Waals surface area contributed by atoms with Crippen molar-refractivity contribution >= 4 is 5.82 Å². The summed E-state index contributed by atoms with van der Waals surface area (Å²) in [6.45, 7) is 4.45. The van der Waals surface area contributed by atoms with Gasteiger partial charge in [0.05, 0.1) is 43.5 Å². The fraction of sp³-hybridized carbons (Fsp3) is 0.278. The molecule has 7 heteroatoms. The summed E-state index contributed by atoms with van der Waals surface area (Å²) in [4.78, 5) is 8.50. The van der Waals surface area contributed by atoms with E-state index in [1.54, 1.807) is 19.5 Å². The summed E-state index contributed by atoms with van der Waals surface area (Å²) >= 11 is 0. The first-order valence-corrected chi connectivity index (χ1v) is 8.05. The number of rotatable bonds is 7. The second-order valence-electron chi connectivity index (χ2n) is 5.71. The third kappa shape index (κ3) is 4.47. The molecule has 0 aliphatic carbocycles. The predicted octanol–water partition coefficient (Wildman–Crippen LogP) is 3.07. The van der Waals surface area contributed by atoms with E-state index in [0.29, 0.717) is 18.2 Å². The monoisotopic (exact) mass is 339 g/mol. The lowest BCUT2D eigenvalue weighted by atomic mass is 10.3. The molecule has 0 aliphatic heterocycles. The van der Waals surface area contributed by atoms with Gasteiger partial charge in [-0.25, -0.2) is 4.68 Å². The van der Waals surface area contributed by atoms with Crippen LogP contribution in [0.15, 0.2) is 48.9 Å². The van der Waals surface area contributed by atoms with Crippen molar-refractivity contribution in [1.29, 1.82) is 0 Å². The average Bonchev–Trinajstić information content (AvgIpc) is 3.09. The number of aromatic nitrogens is 4. The van der Waals surface area contributed by atoms with Crippen molar-refractivity contribution in [3.05, 3.63) is 54.6 Å². The molecule has 0 fully saturated rings. The largest absolute Gasteiger partial charge is 0.497 e. The van der Waals surface area contributed by atoms with Gasteiger partial charge in [0.15, 0.2) is 0 Å². The normalized spacial score (nSPS) is 10.7. The SMILES string of the molecule is COc1ccc(-n2ccc(CNc3cncc(OC(C)C)n3)n2)cc1. The van der Waals surface area contributed by atoms with Crippen LogP contribution in [-0.4, -0.2) is 33.0 Å². The first-order chi connectivity index (χ1) is 12.1. The van der Waals surface area contributed by atoms with Crippen LogP contribution in [0.2, 0.25) is 0 Å². The summed E-state index contributed by atoms with van der Waals surface area (Å²) < 4.78 is 12.5. The average molecular weight is 339 g/mol. The number of nitrogens with one attached hydrogen (secondary N) is 1. The highest BCUT2D eigenvalue weighted by Crippen LogP contribution is 2.15. The highest BCUT2D eigenvalue weighted by atomic mass is 16.5. The van der Waals surface area contributed by atoms with E-state index in [4.69, 9.17) is 9.47 Å². The van der Waals surface area contributed by atoms with Crippen molar-refractivity contribution in [2.45, 2.75) is 26.5 Å². The van der Waals surface area contributed by atoms with E-state index >= 15 is 0 Å². The van der Waals surface area contributed by atoms with Gasteiger partial charge in [0, 0.05) is 6.20 Å². The summed E-state index contributed by atoms with van der Waals surface area (Å²) in [5.41, 5.74) is 1.87. The van der Waals surface area contributed by atoms with E-state index in [0.717, 1.165) is 17.1 Å². The van der Waals surface area contributed by atoms with Gasteiger partial charge in [0.1, 0.15) is 11.6 Å². The van der Waals surface area contributed by atoms with Crippen LogP contribution in [0.3, 0.4) is 0 Å². The van der Waals surface area contributed by atoms with Crippen molar-refractivity contribution in [2.24, 2.45) is 0 Å². The number of nitrogens with zero attached hydrogens (tertiary/aromatic N) is 4. The topological polar surface area (TPSA) is 74.1 Å². The maximum absolute atomic E-state index is 5.54. The van der Waals surface area contributed by atoms with E-state index in [9.17, 15) is 0 Å². The summed E-state index contributed by atoms with van der Waals surface area (Å²) in [5.74, 6) is 1.97. The third-order valence-corrected chi connectivity index (χ3v) is 3.40. The quantitative estimate of drug-likeness (QED) is 0.713. The Hall–Kier alpha value is -3.09. The van der Waals surface area contributed by atoms with Gasteiger partial charge in [-0.3, -0.25) is 4.98 Å². The van der Waals surface area contributed by atoms with Gasteiger partial charge < -0.3 is 14.8 Å². The number of hydrogen-bond acceptors (Lipinski definition) is 6. The molecule has 0 aliphatic rings. The van der Waals surface area contributed by atoms with Gasteiger partial charge in [0.2, 0.25) is 5.88 Å². The van der Waals surface area contributed by atoms with Crippen LogP contribution in [-0.2, 0) is 6.54 Å². The summed E-state index contributed by atoms with van der Waals surface area (Å²) in [5, 5.41) is 7.76. The van der Waals surface area contributed by atoms with E-state index in [1.807, 2.05) is 55.1 Å². The zero-order valence-electron chi connectivity index (χ0n) is 14.5. The van der Waals surface area contributed by atoms with Gasteiger partial charge in [-0.2, -0.15) is 10.1 Å². The molecule has 3 rings (SSSR count). The Morgan fingerprint density at radius 3 is 2.64 bits per heavy atom. The van der Waals surface area contributed by atoms with Crippen molar-refractivity contribution < 1.29 is 9.47 Å². The molecule has 0 radical (unpaired) electrons. The number of hydrogen-bond donors (Lipinski definition) is 1. The minimum atomic E-state index is 0.0599. The molecule has 2 heterocycles. The highest BCUT2D eigenvalue weighted by molar-refractivity contribution is 5.37. The van der Waals surface area contributed by atoms with Crippen LogP contribution < -0.4 is 14.8 Å². The standard InChI is InChI=1S/C18H21N5O2/c1-13(2)25-18-12-19-11-17(21-18)20-10-14-8-9-23(22-14)15-4-6-16(24-3)7-5-15/h4-9,11-13H,10H2,1-3H3,(H,20,21). The van der Waals surface area contributed by atoms with Crippen molar-refractivity contribution in [1.82, 2.24) is 19.7 Å². The number of benzene rings is 1. The molecule has 0 saturated carbocycles. The zero-order valence-corrected chi connectivity index (χ0v) is 14.5. The third-order valence-electron chi connectivity index (χ3n) is 3.40. The molecule has 0 unspecified atom stereocenters. The zero-order chi connectivity index (χ0) is 17.6. The van der Waals surface area contributed by atoms with Crippen LogP contribution in [0, 0.1) is 0 Å². The van der Waals surface area contributed by atoms with Crippen LogP contribution in [0.25, 0.3) is 5.69 Å². The van der Waals surface area contributed by atoms with Gasteiger partial charge >= 0.3 is 0 Å². The van der Waals surface area contributed by atoms with E-state index in [1.165, 1.54) is 0 Å². The Morgan fingerprint density at radius 2 is 1.92 bits per heavy atom. The fourth-order valence-electron chi connectivity index (χ4n) is 2.25.